The number of carbonyl (C=O) groups excluding carboxylic acids is 1. The number of hydrogen-bond donors (Lipinski definition) is 3. The summed E-state index contributed by atoms with van der Waals surface area (Å²) in [5.74, 6) is 0.349. The molecule has 1 saturated heterocycles. The number of carbonyl (C=O) groups is 1. The fourth-order valence-electron chi connectivity index (χ4n) is 1.98. The second-order valence-corrected chi connectivity index (χ2v) is 4.58. The lowest BCUT2D eigenvalue weighted by molar-refractivity contribution is -0.128. The highest BCUT2D eigenvalue weighted by atomic mass is 16.3. The number of nitrogens with two attached hydrogens (primary N) is 1. The topological polar surface area (TPSA) is 78.6 Å². The molecule has 0 aromatic rings. The minimum atomic E-state index is -1.06. The van der Waals surface area contributed by atoms with Gasteiger partial charge in [-0.2, -0.15) is 0 Å². The van der Waals surface area contributed by atoms with Crippen molar-refractivity contribution in [2.24, 2.45) is 11.7 Å². The van der Waals surface area contributed by atoms with E-state index in [0.717, 1.165) is 19.5 Å². The fourth-order valence-corrected chi connectivity index (χ4v) is 1.98. The number of aliphatic hydroxyl groups is 1. The van der Waals surface area contributed by atoms with Gasteiger partial charge in [-0.15, -0.1) is 0 Å². The Balaban J connectivity index is 2.09. The molecule has 1 amide bonds. The van der Waals surface area contributed by atoms with E-state index in [9.17, 15) is 4.79 Å². The Hall–Kier alpha value is -0.650. The lowest BCUT2D eigenvalue weighted by Crippen LogP contribution is -2.40. The highest BCUT2D eigenvalue weighted by Crippen LogP contribution is 2.18. The number of rotatable bonds is 5. The van der Waals surface area contributed by atoms with E-state index in [1.165, 1.54) is 12.8 Å². The Kier molecular flexibility index (Phi) is 5.73. The van der Waals surface area contributed by atoms with Crippen molar-refractivity contribution in [2.75, 3.05) is 33.2 Å². The van der Waals surface area contributed by atoms with E-state index < -0.39 is 6.10 Å². The standard InChI is InChI=1S/C11H23N3O2/c1-14-6-3-9(4-7-14)2-5-13-11(16)10(15)8-12/h9-10,15H,2-8,12H2,1H3,(H,13,16). The monoisotopic (exact) mass is 229 g/mol. The zero-order valence-electron chi connectivity index (χ0n) is 9.98. The molecule has 1 aliphatic heterocycles. The Morgan fingerprint density at radius 2 is 2.19 bits per heavy atom. The Labute approximate surface area is 97.0 Å². The minimum absolute atomic E-state index is 0.0138. The largest absolute Gasteiger partial charge is 0.382 e. The normalized spacial score (nSPS) is 20.7. The summed E-state index contributed by atoms with van der Waals surface area (Å²) in [5.41, 5.74) is 5.19. The van der Waals surface area contributed by atoms with Crippen molar-refractivity contribution in [3.05, 3.63) is 0 Å². The third kappa shape index (κ3) is 4.47. The van der Waals surface area contributed by atoms with Gasteiger partial charge in [0, 0.05) is 13.1 Å². The Morgan fingerprint density at radius 3 is 2.75 bits per heavy atom. The molecule has 4 N–H and O–H groups in total. The molecule has 0 bridgehead atoms. The zero-order valence-corrected chi connectivity index (χ0v) is 9.98. The van der Waals surface area contributed by atoms with Crippen molar-refractivity contribution in [2.45, 2.75) is 25.4 Å². The van der Waals surface area contributed by atoms with Gasteiger partial charge in [-0.3, -0.25) is 4.79 Å². The Morgan fingerprint density at radius 1 is 1.56 bits per heavy atom. The molecule has 0 aromatic heterocycles. The number of piperidine rings is 1. The maximum atomic E-state index is 11.2. The molecule has 5 nitrogen and oxygen atoms in total. The molecule has 0 saturated carbocycles. The summed E-state index contributed by atoms with van der Waals surface area (Å²) in [6.45, 7) is 2.92. The quantitative estimate of drug-likeness (QED) is 0.574. The van der Waals surface area contributed by atoms with Gasteiger partial charge < -0.3 is 21.1 Å². The number of nitrogens with one attached hydrogen (secondary N) is 1. The number of amides is 1. The van der Waals surface area contributed by atoms with E-state index in [-0.39, 0.29) is 12.5 Å². The first kappa shape index (κ1) is 13.4. The zero-order chi connectivity index (χ0) is 12.0. The summed E-state index contributed by atoms with van der Waals surface area (Å²) in [7, 11) is 2.13. The van der Waals surface area contributed by atoms with Gasteiger partial charge in [0.05, 0.1) is 0 Å². The van der Waals surface area contributed by atoms with Crippen molar-refractivity contribution in [1.29, 1.82) is 0 Å². The van der Waals surface area contributed by atoms with Crippen LogP contribution in [0.5, 0.6) is 0 Å². The summed E-state index contributed by atoms with van der Waals surface area (Å²) in [5, 5.41) is 11.9. The van der Waals surface area contributed by atoms with Crippen molar-refractivity contribution < 1.29 is 9.90 Å². The van der Waals surface area contributed by atoms with Gasteiger partial charge in [0.25, 0.3) is 0 Å². The molecular weight excluding hydrogens is 206 g/mol. The van der Waals surface area contributed by atoms with Gasteiger partial charge in [-0.05, 0) is 45.3 Å². The third-order valence-electron chi connectivity index (χ3n) is 3.22. The van der Waals surface area contributed by atoms with Crippen LogP contribution in [0.1, 0.15) is 19.3 Å². The molecule has 1 heterocycles. The molecule has 1 aliphatic rings. The molecule has 0 radical (unpaired) electrons. The van der Waals surface area contributed by atoms with E-state index in [0.29, 0.717) is 12.5 Å². The van der Waals surface area contributed by atoms with Crippen LogP contribution in [0.2, 0.25) is 0 Å². The summed E-state index contributed by atoms with van der Waals surface area (Å²) >= 11 is 0. The third-order valence-corrected chi connectivity index (χ3v) is 3.22. The molecule has 0 aliphatic carbocycles. The number of hydrogen-bond acceptors (Lipinski definition) is 4. The van der Waals surface area contributed by atoms with E-state index in [1.807, 2.05) is 0 Å². The van der Waals surface area contributed by atoms with E-state index >= 15 is 0 Å². The van der Waals surface area contributed by atoms with Crippen LogP contribution in [0.3, 0.4) is 0 Å². The predicted octanol–water partition coefficient (Wildman–Crippen LogP) is -0.846. The van der Waals surface area contributed by atoms with Gasteiger partial charge in [0.15, 0.2) is 0 Å². The van der Waals surface area contributed by atoms with Crippen LogP contribution in [-0.4, -0.2) is 55.2 Å². The first-order valence-electron chi connectivity index (χ1n) is 5.98. The van der Waals surface area contributed by atoms with Crippen LogP contribution in [0.25, 0.3) is 0 Å². The second-order valence-electron chi connectivity index (χ2n) is 4.58. The van der Waals surface area contributed by atoms with Gasteiger partial charge in [0.1, 0.15) is 6.10 Å². The van der Waals surface area contributed by atoms with Gasteiger partial charge in [-0.1, -0.05) is 0 Å². The average Bonchev–Trinajstić information content (AvgIpc) is 2.30. The molecule has 0 spiro atoms. The van der Waals surface area contributed by atoms with Crippen molar-refractivity contribution in [3.8, 4) is 0 Å². The van der Waals surface area contributed by atoms with Crippen molar-refractivity contribution in [3.63, 3.8) is 0 Å². The second kappa shape index (κ2) is 6.83. The molecular formula is C11H23N3O2. The summed E-state index contributed by atoms with van der Waals surface area (Å²) in [6, 6.07) is 0. The van der Waals surface area contributed by atoms with Crippen LogP contribution in [0.4, 0.5) is 0 Å². The van der Waals surface area contributed by atoms with Crippen LogP contribution >= 0.6 is 0 Å². The van der Waals surface area contributed by atoms with Gasteiger partial charge in [-0.25, -0.2) is 0 Å². The molecule has 94 valence electrons. The number of likely N-dealkylation sites (tertiary alicyclic amines) is 1. The van der Waals surface area contributed by atoms with Crippen LogP contribution in [0, 0.1) is 5.92 Å². The fraction of sp³-hybridized carbons (Fsp3) is 0.909. The summed E-state index contributed by atoms with van der Waals surface area (Å²) in [6.07, 6.45) is 2.34. The molecule has 0 aromatic carbocycles. The SMILES string of the molecule is CN1CCC(CCNC(=O)C(O)CN)CC1. The van der Waals surface area contributed by atoms with E-state index in [1.54, 1.807) is 0 Å². The van der Waals surface area contributed by atoms with E-state index in [2.05, 4.69) is 17.3 Å². The molecule has 1 unspecified atom stereocenters. The van der Waals surface area contributed by atoms with Gasteiger partial charge in [0.2, 0.25) is 5.91 Å². The first-order valence-corrected chi connectivity index (χ1v) is 5.98. The maximum absolute atomic E-state index is 11.2. The van der Waals surface area contributed by atoms with Crippen molar-refractivity contribution >= 4 is 5.91 Å². The maximum Gasteiger partial charge on any atom is 0.250 e. The smallest absolute Gasteiger partial charge is 0.250 e. The predicted molar refractivity (Wildman–Crippen MR) is 62.9 cm³/mol. The van der Waals surface area contributed by atoms with Crippen LogP contribution < -0.4 is 11.1 Å². The lowest BCUT2D eigenvalue weighted by Gasteiger charge is -2.28. The van der Waals surface area contributed by atoms with Crippen LogP contribution in [0.15, 0.2) is 0 Å². The highest BCUT2D eigenvalue weighted by molar-refractivity contribution is 5.80. The summed E-state index contributed by atoms with van der Waals surface area (Å²) in [4.78, 5) is 13.5. The lowest BCUT2D eigenvalue weighted by atomic mass is 9.94. The highest BCUT2D eigenvalue weighted by Gasteiger charge is 2.17. The van der Waals surface area contributed by atoms with Gasteiger partial charge >= 0.3 is 0 Å². The summed E-state index contributed by atoms with van der Waals surface area (Å²) < 4.78 is 0. The number of nitrogens with zero attached hydrogens (tertiary/aromatic N) is 1. The first-order chi connectivity index (χ1) is 7.63. The minimum Gasteiger partial charge on any atom is -0.382 e. The molecule has 1 atom stereocenters. The molecule has 1 fully saturated rings. The van der Waals surface area contributed by atoms with Crippen molar-refractivity contribution in [1.82, 2.24) is 10.2 Å². The number of aliphatic hydroxyl groups excluding tert-OH is 1. The average molecular weight is 229 g/mol. The Bertz CT molecular complexity index is 215. The molecule has 5 heteroatoms. The molecule has 16 heavy (non-hydrogen) atoms. The van der Waals surface area contributed by atoms with E-state index in [4.69, 9.17) is 10.8 Å². The molecule has 1 rings (SSSR count). The van der Waals surface area contributed by atoms with Crippen LogP contribution in [-0.2, 0) is 4.79 Å².